The van der Waals surface area contributed by atoms with Gasteiger partial charge in [-0.3, -0.25) is 4.79 Å². The van der Waals surface area contributed by atoms with Gasteiger partial charge in [-0.2, -0.15) is 0 Å². The Morgan fingerprint density at radius 1 is 1.39 bits per heavy atom. The van der Waals surface area contributed by atoms with E-state index in [-0.39, 0.29) is 17.1 Å². The van der Waals surface area contributed by atoms with Crippen LogP contribution in [0.2, 0.25) is 0 Å². The molecule has 124 valence electrons. The lowest BCUT2D eigenvalue weighted by Gasteiger charge is -2.58. The predicted octanol–water partition coefficient (Wildman–Crippen LogP) is 2.51. The lowest BCUT2D eigenvalue weighted by Crippen LogP contribution is -2.62. The average molecular weight is 315 g/mol. The van der Waals surface area contributed by atoms with Crippen molar-refractivity contribution in [1.82, 2.24) is 4.90 Å². The van der Waals surface area contributed by atoms with E-state index in [1.54, 1.807) is 7.11 Å². The Balaban J connectivity index is 1.94. The zero-order chi connectivity index (χ0) is 16.4. The van der Waals surface area contributed by atoms with Gasteiger partial charge in [-0.1, -0.05) is 13.0 Å². The Morgan fingerprint density at radius 2 is 2.17 bits per heavy atom. The fourth-order valence-electron chi connectivity index (χ4n) is 5.43. The topological polar surface area (TPSA) is 49.8 Å². The summed E-state index contributed by atoms with van der Waals surface area (Å²) in [5, 5.41) is 10.8. The summed E-state index contributed by atoms with van der Waals surface area (Å²) in [4.78, 5) is 15.0. The maximum absolute atomic E-state index is 12.6. The van der Waals surface area contributed by atoms with E-state index in [4.69, 9.17) is 4.74 Å². The minimum Gasteiger partial charge on any atom is -0.504 e. The Morgan fingerprint density at radius 3 is 2.91 bits per heavy atom. The number of likely N-dealkylation sites (N-methyl/N-ethyl adjacent to an activating group) is 1. The molecule has 1 saturated heterocycles. The molecular formula is C19H25NO3. The molecular weight excluding hydrogens is 290 g/mol. The smallest absolute Gasteiger partial charge is 0.161 e. The summed E-state index contributed by atoms with van der Waals surface area (Å²) in [5.41, 5.74) is 2.00. The summed E-state index contributed by atoms with van der Waals surface area (Å²) < 4.78 is 5.35. The third kappa shape index (κ3) is 1.90. The Bertz CT molecular complexity index is 671. The number of aromatic hydroxyl groups is 1. The number of piperidine rings is 1. The minimum absolute atomic E-state index is 0.136. The summed E-state index contributed by atoms with van der Waals surface area (Å²) >= 11 is 0. The minimum atomic E-state index is -0.201. The number of carbonyl (C=O) groups is 1. The van der Waals surface area contributed by atoms with Gasteiger partial charge in [0.2, 0.25) is 0 Å². The lowest BCUT2D eigenvalue weighted by atomic mass is 9.50. The van der Waals surface area contributed by atoms with Crippen LogP contribution >= 0.6 is 0 Å². The van der Waals surface area contributed by atoms with Crippen LogP contribution in [0.25, 0.3) is 0 Å². The first-order valence-corrected chi connectivity index (χ1v) is 8.60. The van der Waals surface area contributed by atoms with Gasteiger partial charge in [-0.05, 0) is 50.4 Å². The van der Waals surface area contributed by atoms with Crippen LogP contribution in [-0.4, -0.2) is 42.5 Å². The molecule has 1 saturated carbocycles. The molecule has 2 aliphatic carbocycles. The largest absolute Gasteiger partial charge is 0.504 e. The quantitative estimate of drug-likeness (QED) is 0.865. The molecule has 2 fully saturated rings. The average Bonchev–Trinajstić information content (AvgIpc) is 2.52. The molecule has 1 aromatic carbocycles. The first-order valence-electron chi connectivity index (χ1n) is 8.60. The summed E-state index contributed by atoms with van der Waals surface area (Å²) in [6.45, 7) is 3.05. The van der Waals surface area contributed by atoms with Crippen molar-refractivity contribution >= 4 is 5.78 Å². The van der Waals surface area contributed by atoms with Gasteiger partial charge in [0.1, 0.15) is 5.78 Å². The summed E-state index contributed by atoms with van der Waals surface area (Å²) in [6.07, 6.45) is 3.40. The van der Waals surface area contributed by atoms with Crippen LogP contribution in [-0.2, 0) is 16.6 Å². The molecule has 1 N–H and O–H groups in total. The molecule has 23 heavy (non-hydrogen) atoms. The normalized spacial score (nSPS) is 36.3. The van der Waals surface area contributed by atoms with Gasteiger partial charge in [0, 0.05) is 29.4 Å². The second-order valence-electron chi connectivity index (χ2n) is 7.70. The zero-order valence-electron chi connectivity index (χ0n) is 14.1. The van der Waals surface area contributed by atoms with E-state index >= 15 is 0 Å². The lowest BCUT2D eigenvalue weighted by molar-refractivity contribution is -0.132. The van der Waals surface area contributed by atoms with Crippen LogP contribution in [0.1, 0.15) is 37.3 Å². The molecule has 2 bridgehead atoms. The molecule has 1 aliphatic heterocycles. The van der Waals surface area contributed by atoms with Crippen LogP contribution in [0.15, 0.2) is 12.1 Å². The Kier molecular flexibility index (Phi) is 3.24. The number of fused-ring (bicyclic) bond motifs is 1. The Hall–Kier alpha value is -1.55. The molecule has 1 heterocycles. The van der Waals surface area contributed by atoms with E-state index in [0.29, 0.717) is 29.9 Å². The van der Waals surface area contributed by atoms with Crippen molar-refractivity contribution in [1.29, 1.82) is 0 Å². The molecule has 0 radical (unpaired) electrons. The van der Waals surface area contributed by atoms with Crippen LogP contribution < -0.4 is 4.74 Å². The number of ether oxygens (including phenoxy) is 1. The van der Waals surface area contributed by atoms with Gasteiger partial charge < -0.3 is 14.7 Å². The van der Waals surface area contributed by atoms with E-state index < -0.39 is 0 Å². The number of phenolic OH excluding ortho intramolecular Hbond substituents is 1. The third-order valence-corrected chi connectivity index (χ3v) is 6.67. The van der Waals surface area contributed by atoms with E-state index in [1.165, 1.54) is 5.56 Å². The van der Waals surface area contributed by atoms with Crippen molar-refractivity contribution in [3.8, 4) is 11.5 Å². The number of benzene rings is 1. The first kappa shape index (κ1) is 15.0. The number of phenols is 1. The molecule has 3 aliphatic rings. The predicted molar refractivity (Wildman–Crippen MR) is 88.0 cm³/mol. The second kappa shape index (κ2) is 4.97. The molecule has 1 aromatic rings. The molecule has 0 aromatic heterocycles. The van der Waals surface area contributed by atoms with Crippen LogP contribution in [0, 0.1) is 11.8 Å². The number of methoxy groups -OCH3 is 1. The van der Waals surface area contributed by atoms with E-state index in [9.17, 15) is 9.90 Å². The van der Waals surface area contributed by atoms with Crippen molar-refractivity contribution < 1.29 is 14.6 Å². The molecule has 4 heteroatoms. The number of hydrogen-bond acceptors (Lipinski definition) is 4. The molecule has 4 unspecified atom stereocenters. The summed E-state index contributed by atoms with van der Waals surface area (Å²) in [6, 6.07) is 4.41. The van der Waals surface area contributed by atoms with E-state index in [2.05, 4.69) is 24.9 Å². The van der Waals surface area contributed by atoms with Gasteiger partial charge in [0.25, 0.3) is 0 Å². The highest BCUT2D eigenvalue weighted by atomic mass is 16.5. The summed E-state index contributed by atoms with van der Waals surface area (Å²) in [7, 11) is 3.79. The highest BCUT2D eigenvalue weighted by molar-refractivity contribution is 5.84. The van der Waals surface area contributed by atoms with E-state index in [0.717, 1.165) is 31.4 Å². The van der Waals surface area contributed by atoms with Crippen LogP contribution in [0.4, 0.5) is 0 Å². The molecule has 0 spiro atoms. The SMILES string of the molecule is COc1ccc2c(c1O)C13CCN(C)C(C2)C1CC(C)C(=O)C3. The highest BCUT2D eigenvalue weighted by Crippen LogP contribution is 2.58. The number of ketones is 1. The molecule has 4 rings (SSSR count). The maximum atomic E-state index is 12.6. The number of nitrogens with zero attached hydrogens (tertiary/aromatic N) is 1. The highest BCUT2D eigenvalue weighted by Gasteiger charge is 2.57. The van der Waals surface area contributed by atoms with Crippen molar-refractivity contribution in [3.05, 3.63) is 23.3 Å². The zero-order valence-corrected chi connectivity index (χ0v) is 14.1. The van der Waals surface area contributed by atoms with Crippen molar-refractivity contribution in [2.24, 2.45) is 11.8 Å². The van der Waals surface area contributed by atoms with E-state index in [1.807, 2.05) is 6.07 Å². The maximum Gasteiger partial charge on any atom is 0.161 e. The number of carbonyl (C=O) groups excluding carboxylic acids is 1. The first-order chi connectivity index (χ1) is 11.0. The van der Waals surface area contributed by atoms with Crippen molar-refractivity contribution in [3.63, 3.8) is 0 Å². The second-order valence-corrected chi connectivity index (χ2v) is 7.70. The van der Waals surface area contributed by atoms with Gasteiger partial charge in [0.05, 0.1) is 7.11 Å². The number of Topliss-reactive ketones (excluding diaryl/α,β-unsaturated/α-hetero) is 1. The van der Waals surface area contributed by atoms with Gasteiger partial charge >= 0.3 is 0 Å². The van der Waals surface area contributed by atoms with Gasteiger partial charge in [-0.25, -0.2) is 0 Å². The third-order valence-electron chi connectivity index (χ3n) is 6.67. The monoisotopic (exact) mass is 315 g/mol. The molecule has 4 nitrogen and oxygen atoms in total. The number of rotatable bonds is 1. The van der Waals surface area contributed by atoms with Crippen LogP contribution in [0.3, 0.4) is 0 Å². The number of likely N-dealkylation sites (tertiary alicyclic amines) is 1. The molecule has 0 amide bonds. The van der Waals surface area contributed by atoms with Crippen molar-refractivity contribution in [2.45, 2.75) is 44.1 Å². The van der Waals surface area contributed by atoms with Gasteiger partial charge in [-0.15, -0.1) is 0 Å². The number of hydrogen-bond donors (Lipinski definition) is 1. The van der Waals surface area contributed by atoms with Crippen LogP contribution in [0.5, 0.6) is 11.5 Å². The summed E-state index contributed by atoms with van der Waals surface area (Å²) in [5.74, 6) is 1.72. The molecule has 4 atom stereocenters. The standard InChI is InChI=1S/C19H25NO3/c1-11-8-13-14-9-12-4-5-16(23-3)18(22)17(12)19(13,10-15(11)21)6-7-20(14)2/h4-5,11,13-14,22H,6-10H2,1-3H3. The van der Waals surface area contributed by atoms with Crippen molar-refractivity contribution in [2.75, 3.05) is 20.7 Å². The fourth-order valence-corrected chi connectivity index (χ4v) is 5.43. The fraction of sp³-hybridized carbons (Fsp3) is 0.632. The Labute approximate surface area is 137 Å². The van der Waals surface area contributed by atoms with Gasteiger partial charge in [0.15, 0.2) is 11.5 Å².